The lowest BCUT2D eigenvalue weighted by molar-refractivity contribution is 0.0696. The zero-order chi connectivity index (χ0) is 43.8. The number of anilines is 2. The van der Waals surface area contributed by atoms with E-state index < -0.39 is 5.97 Å². The number of pyridine rings is 4. The van der Waals surface area contributed by atoms with Gasteiger partial charge in [0.1, 0.15) is 11.6 Å². The quantitative estimate of drug-likeness (QED) is 0.0727. The first-order valence-corrected chi connectivity index (χ1v) is 20.0. The second kappa shape index (κ2) is 20.6. The van der Waals surface area contributed by atoms with E-state index in [1.54, 1.807) is 18.3 Å². The molecule has 1 amide bonds. The van der Waals surface area contributed by atoms with Crippen molar-refractivity contribution in [1.29, 1.82) is 0 Å². The molecule has 0 radical (unpaired) electrons. The van der Waals surface area contributed by atoms with Crippen molar-refractivity contribution < 1.29 is 14.7 Å². The Labute approximate surface area is 370 Å². The Morgan fingerprint density at radius 3 is 1.60 bits per heavy atom. The summed E-state index contributed by atoms with van der Waals surface area (Å²) in [6, 6.07) is 25.7. The van der Waals surface area contributed by atoms with Gasteiger partial charge in [-0.25, -0.2) is 14.8 Å². The van der Waals surface area contributed by atoms with E-state index in [2.05, 4.69) is 41.3 Å². The number of rotatable bonds is 9. The number of benzene rings is 2. The number of amides is 1. The lowest BCUT2D eigenvalue weighted by atomic mass is 10.1. The first-order valence-electron chi connectivity index (χ1n) is 19.3. The van der Waals surface area contributed by atoms with Gasteiger partial charge in [0.25, 0.3) is 5.91 Å². The molecule has 13 nitrogen and oxygen atoms in total. The lowest BCUT2D eigenvalue weighted by Gasteiger charge is -2.12. The zero-order valence-corrected chi connectivity index (χ0v) is 35.6. The lowest BCUT2D eigenvalue weighted by Crippen LogP contribution is -2.24. The number of hydrogen-bond acceptors (Lipinski definition) is 9. The van der Waals surface area contributed by atoms with Crippen LogP contribution in [-0.4, -0.2) is 46.9 Å². The van der Waals surface area contributed by atoms with Gasteiger partial charge in [-0.15, -0.1) is 0 Å². The third-order valence-corrected chi connectivity index (χ3v) is 10.4. The maximum absolute atomic E-state index is 12.7. The van der Waals surface area contributed by atoms with Crippen molar-refractivity contribution >= 4 is 68.5 Å². The molecule has 0 atom stereocenters. The van der Waals surface area contributed by atoms with Crippen LogP contribution in [0.4, 0.5) is 11.6 Å². The summed E-state index contributed by atoms with van der Waals surface area (Å²) in [6.45, 7) is 8.70. The molecule has 15 heteroatoms. The van der Waals surface area contributed by atoms with Crippen LogP contribution in [0.3, 0.4) is 0 Å². The summed E-state index contributed by atoms with van der Waals surface area (Å²) in [5.41, 5.74) is 29.1. The fraction of sp³-hybridized carbons (Fsp3) is 0.191. The Morgan fingerprint density at radius 2 is 1.13 bits per heavy atom. The number of hydrogen-bond donors (Lipinski definition) is 7. The summed E-state index contributed by atoms with van der Waals surface area (Å²) < 4.78 is 0. The minimum atomic E-state index is -0.947. The van der Waals surface area contributed by atoms with Crippen LogP contribution in [0.15, 0.2) is 97.3 Å². The highest BCUT2D eigenvalue weighted by atomic mass is 35.5. The Morgan fingerprint density at radius 1 is 0.661 bits per heavy atom. The monoisotopic (exact) mass is 872 g/mol. The van der Waals surface area contributed by atoms with Gasteiger partial charge in [0.05, 0.1) is 5.56 Å². The van der Waals surface area contributed by atoms with E-state index in [0.29, 0.717) is 58.9 Å². The molecule has 0 aliphatic heterocycles. The molecule has 0 aliphatic carbocycles. The van der Waals surface area contributed by atoms with Crippen LogP contribution in [0.2, 0.25) is 10.0 Å². The fourth-order valence-corrected chi connectivity index (χ4v) is 7.32. The average Bonchev–Trinajstić information content (AvgIpc) is 3.79. The molecule has 6 heterocycles. The molecule has 320 valence electrons. The number of aryl methyl sites for hydroxylation is 4. The van der Waals surface area contributed by atoms with Crippen molar-refractivity contribution in [3.63, 3.8) is 0 Å². The van der Waals surface area contributed by atoms with Gasteiger partial charge in [0.15, 0.2) is 0 Å². The van der Waals surface area contributed by atoms with Gasteiger partial charge in [-0.05, 0) is 135 Å². The van der Waals surface area contributed by atoms with Crippen molar-refractivity contribution in [1.82, 2.24) is 35.2 Å². The number of aromatic nitrogens is 6. The van der Waals surface area contributed by atoms with Crippen LogP contribution in [0.1, 0.15) is 84.6 Å². The third kappa shape index (κ3) is 11.9. The second-order valence-corrected chi connectivity index (χ2v) is 15.4. The molecule has 8 aromatic rings. The molecule has 0 aliphatic rings. The number of nitrogen functional groups attached to an aromatic ring is 2. The number of carbonyl (C=O) groups is 2. The number of carboxylic acids is 1. The van der Waals surface area contributed by atoms with E-state index in [9.17, 15) is 9.59 Å². The van der Waals surface area contributed by atoms with Crippen LogP contribution < -0.4 is 22.5 Å². The summed E-state index contributed by atoms with van der Waals surface area (Å²) in [4.78, 5) is 47.2. The first-order chi connectivity index (χ1) is 29.1. The largest absolute Gasteiger partial charge is 0.478 e. The normalized spacial score (nSPS) is 10.6. The molecule has 8 rings (SSSR count). The highest BCUT2D eigenvalue weighted by Crippen LogP contribution is 2.23. The van der Waals surface area contributed by atoms with E-state index in [-0.39, 0.29) is 18.9 Å². The Bertz CT molecular complexity index is 2830. The fourth-order valence-electron chi connectivity index (χ4n) is 6.95. The topological polar surface area (TPSA) is 228 Å². The summed E-state index contributed by atoms with van der Waals surface area (Å²) >= 11 is 12.0. The molecule has 0 spiro atoms. The molecular formula is C47H50Cl2N10O3. The predicted molar refractivity (Wildman–Crippen MR) is 250 cm³/mol. The van der Waals surface area contributed by atoms with Gasteiger partial charge in [0.2, 0.25) is 0 Å². The van der Waals surface area contributed by atoms with E-state index in [1.165, 1.54) is 12.3 Å². The molecule has 6 aromatic heterocycles. The van der Waals surface area contributed by atoms with Crippen LogP contribution >= 0.6 is 23.2 Å². The summed E-state index contributed by atoms with van der Waals surface area (Å²) in [7, 11) is 0. The van der Waals surface area contributed by atoms with Crippen LogP contribution in [0.5, 0.6) is 0 Å². The smallest absolute Gasteiger partial charge is 0.335 e. The number of halogens is 2. The van der Waals surface area contributed by atoms with E-state index in [1.807, 2.05) is 88.4 Å². The molecule has 0 saturated carbocycles. The standard InChI is InChI=1S/C23H22ClN5O.C15H11ClN2O2.C8H13N3.CH4/c1-13-7-22(25)28-14(2)20(13)12-27-23(30)15-5-6-26-18(9-15)11-19-10-16-8-17(24)3-4-21(16)29-19;16-11-1-2-14-10(5-11)7-13(18-14)8-12-6-9(15(19)20)3-4-17-12;1-5-3-8(10)11-6(2)7(5)4-9;/h3-10,29H,11-12H2,1-2H3,(H2,25,28)(H,27,30);1-7,18H,8H2,(H,19,20);3H,4,9H2,1-2H3,(H2,10,11);1H4. The Hall–Kier alpha value is -6.80. The van der Waals surface area contributed by atoms with Gasteiger partial charge in [0, 0.05) is 110 Å². The van der Waals surface area contributed by atoms with Crippen molar-refractivity contribution in [2.45, 2.75) is 61.1 Å². The van der Waals surface area contributed by atoms with Crippen molar-refractivity contribution in [3.8, 4) is 0 Å². The molecule has 62 heavy (non-hydrogen) atoms. The number of nitrogens with zero attached hydrogens (tertiary/aromatic N) is 4. The minimum absolute atomic E-state index is 0. The molecule has 0 fully saturated rings. The number of nitrogens with two attached hydrogens (primary N) is 3. The minimum Gasteiger partial charge on any atom is -0.478 e. The molecular weight excluding hydrogens is 823 g/mol. The van der Waals surface area contributed by atoms with Gasteiger partial charge >= 0.3 is 5.97 Å². The highest BCUT2D eigenvalue weighted by molar-refractivity contribution is 6.31. The molecule has 0 unspecified atom stereocenters. The van der Waals surface area contributed by atoms with Gasteiger partial charge < -0.3 is 37.6 Å². The van der Waals surface area contributed by atoms with Gasteiger partial charge in [-0.3, -0.25) is 14.8 Å². The maximum Gasteiger partial charge on any atom is 0.335 e. The van der Waals surface area contributed by atoms with Gasteiger partial charge in [-0.1, -0.05) is 30.6 Å². The number of carbonyl (C=O) groups excluding carboxylic acids is 1. The maximum atomic E-state index is 12.7. The zero-order valence-electron chi connectivity index (χ0n) is 34.1. The number of aromatic carboxylic acids is 1. The van der Waals surface area contributed by atoms with Crippen molar-refractivity contribution in [3.05, 3.63) is 175 Å². The number of carboxylic acid groups (broad SMARTS) is 1. The highest BCUT2D eigenvalue weighted by Gasteiger charge is 2.12. The number of aromatic amines is 2. The molecule has 10 N–H and O–H groups in total. The van der Waals surface area contributed by atoms with Crippen LogP contribution in [0.25, 0.3) is 21.8 Å². The Balaban J connectivity index is 0.000000195. The van der Waals surface area contributed by atoms with E-state index in [4.69, 9.17) is 45.5 Å². The van der Waals surface area contributed by atoms with Gasteiger partial charge in [-0.2, -0.15) is 0 Å². The summed E-state index contributed by atoms with van der Waals surface area (Å²) in [5.74, 6) is -0.0508. The number of H-pyrrole nitrogens is 2. The van der Waals surface area contributed by atoms with E-state index >= 15 is 0 Å². The van der Waals surface area contributed by atoms with Crippen molar-refractivity contribution in [2.24, 2.45) is 5.73 Å². The van der Waals surface area contributed by atoms with Crippen LogP contribution in [0, 0.1) is 27.7 Å². The second-order valence-electron chi connectivity index (χ2n) is 14.5. The van der Waals surface area contributed by atoms with E-state index in [0.717, 1.165) is 72.5 Å². The summed E-state index contributed by atoms with van der Waals surface area (Å²) in [6.07, 6.45) is 4.31. The van der Waals surface area contributed by atoms with Crippen molar-refractivity contribution in [2.75, 3.05) is 11.5 Å². The number of fused-ring (bicyclic) bond motifs is 2. The third-order valence-electron chi connectivity index (χ3n) is 9.94. The summed E-state index contributed by atoms with van der Waals surface area (Å²) in [5, 5.41) is 15.4. The average molecular weight is 874 g/mol. The molecule has 0 saturated heterocycles. The predicted octanol–water partition coefficient (Wildman–Crippen LogP) is 9.21. The Kier molecular flexibility index (Phi) is 15.4. The molecule has 2 aromatic carbocycles. The SMILES string of the molecule is C.Cc1cc(N)nc(C)c1CN.Cc1cc(N)nc(C)c1CNC(=O)c1ccnc(Cc2cc3cc(Cl)ccc3[nH]2)c1.O=C(O)c1ccnc(Cc2cc3cc(Cl)ccc3[nH]2)c1. The van der Waals surface area contributed by atoms with Crippen LogP contribution in [-0.2, 0) is 25.9 Å². The first kappa shape index (κ1) is 46.3. The molecule has 0 bridgehead atoms. The number of nitrogens with one attached hydrogen (secondary N) is 3.